The summed E-state index contributed by atoms with van der Waals surface area (Å²) in [4.78, 5) is 10.2. The molecule has 2 heterocycles. The zero-order valence-corrected chi connectivity index (χ0v) is 16.2. The number of aryl methyl sites for hydroxylation is 1. The number of nitrogens with one attached hydrogen (secondary N) is 1. The number of nitrogens with zero attached hydrogens (tertiary/aromatic N) is 2. The molecule has 2 N–H and O–H groups in total. The fourth-order valence-corrected chi connectivity index (χ4v) is 3.75. The van der Waals surface area contributed by atoms with Crippen molar-refractivity contribution in [3.63, 3.8) is 0 Å². The minimum absolute atomic E-state index is 0.0279. The molecule has 0 aliphatic heterocycles. The molecule has 0 bridgehead atoms. The van der Waals surface area contributed by atoms with E-state index in [-0.39, 0.29) is 6.61 Å². The smallest absolute Gasteiger partial charge is 0.139 e. The number of thiophene rings is 1. The van der Waals surface area contributed by atoms with Crippen LogP contribution in [0.25, 0.3) is 21.3 Å². The van der Waals surface area contributed by atoms with Crippen molar-refractivity contribution in [2.75, 3.05) is 11.9 Å². The lowest BCUT2D eigenvalue weighted by atomic mass is 9.98. The van der Waals surface area contributed by atoms with Gasteiger partial charge in [-0.2, -0.15) is 0 Å². The molecule has 4 nitrogen and oxygen atoms in total. The Bertz CT molecular complexity index is 882. The third kappa shape index (κ3) is 3.67. The molecule has 3 aromatic rings. The van der Waals surface area contributed by atoms with Crippen molar-refractivity contribution in [3.8, 4) is 11.1 Å². The first-order valence-corrected chi connectivity index (χ1v) is 9.44. The highest BCUT2D eigenvalue weighted by atomic mass is 32.1. The summed E-state index contributed by atoms with van der Waals surface area (Å²) >= 11 is 1.63. The van der Waals surface area contributed by atoms with Crippen LogP contribution in [0.5, 0.6) is 0 Å². The molecule has 0 aliphatic carbocycles. The lowest BCUT2D eigenvalue weighted by molar-refractivity contribution is 0.234. The topological polar surface area (TPSA) is 58.0 Å². The second-order valence-corrected chi connectivity index (χ2v) is 8.25. The van der Waals surface area contributed by atoms with E-state index in [0.717, 1.165) is 33.0 Å². The molecule has 2 aromatic heterocycles. The Kier molecular flexibility index (Phi) is 4.80. The third-order valence-corrected chi connectivity index (χ3v) is 5.16. The minimum Gasteiger partial charge on any atom is -0.394 e. The first kappa shape index (κ1) is 17.8. The van der Waals surface area contributed by atoms with Crippen LogP contribution in [0.15, 0.2) is 29.6 Å². The Morgan fingerprint density at radius 1 is 1.16 bits per heavy atom. The van der Waals surface area contributed by atoms with Crippen molar-refractivity contribution >= 4 is 27.4 Å². The first-order valence-electron chi connectivity index (χ1n) is 8.56. The Labute approximate surface area is 153 Å². The summed E-state index contributed by atoms with van der Waals surface area (Å²) in [6, 6.07) is 8.70. The molecular weight excluding hydrogens is 330 g/mol. The van der Waals surface area contributed by atoms with Crippen molar-refractivity contribution in [3.05, 3.63) is 41.0 Å². The molecular formula is C20H25N3OS. The van der Waals surface area contributed by atoms with Gasteiger partial charge >= 0.3 is 0 Å². The summed E-state index contributed by atoms with van der Waals surface area (Å²) in [5, 5.41) is 16.2. The Balaban J connectivity index is 2.13. The predicted octanol–water partition coefficient (Wildman–Crippen LogP) is 4.97. The van der Waals surface area contributed by atoms with Gasteiger partial charge in [-0.15, -0.1) is 11.3 Å². The van der Waals surface area contributed by atoms with Gasteiger partial charge in [-0.1, -0.05) is 38.1 Å². The number of aliphatic hydroxyl groups is 1. The zero-order valence-electron chi connectivity index (χ0n) is 15.4. The summed E-state index contributed by atoms with van der Waals surface area (Å²) < 4.78 is 0. The Hall–Kier alpha value is -1.98. The van der Waals surface area contributed by atoms with Crippen molar-refractivity contribution in [1.29, 1.82) is 0 Å². The lowest BCUT2D eigenvalue weighted by Crippen LogP contribution is -2.35. The van der Waals surface area contributed by atoms with Crippen LogP contribution in [0, 0.1) is 6.92 Å². The molecule has 0 saturated heterocycles. The maximum Gasteiger partial charge on any atom is 0.139 e. The van der Waals surface area contributed by atoms with Crippen molar-refractivity contribution in [2.24, 2.45) is 0 Å². The van der Waals surface area contributed by atoms with E-state index in [9.17, 15) is 5.11 Å². The van der Waals surface area contributed by atoms with Gasteiger partial charge in [-0.25, -0.2) is 9.97 Å². The summed E-state index contributed by atoms with van der Waals surface area (Å²) in [7, 11) is 0. The maximum atomic E-state index is 9.61. The van der Waals surface area contributed by atoms with Crippen LogP contribution < -0.4 is 5.32 Å². The van der Waals surface area contributed by atoms with E-state index in [1.807, 2.05) is 20.8 Å². The number of benzene rings is 1. The van der Waals surface area contributed by atoms with Crippen molar-refractivity contribution in [2.45, 2.75) is 46.1 Å². The van der Waals surface area contributed by atoms with Gasteiger partial charge in [0.05, 0.1) is 17.5 Å². The third-order valence-electron chi connectivity index (χ3n) is 4.29. The van der Waals surface area contributed by atoms with Gasteiger partial charge in [-0.3, -0.25) is 0 Å². The molecule has 0 atom stereocenters. The second kappa shape index (κ2) is 6.73. The van der Waals surface area contributed by atoms with E-state index in [0.29, 0.717) is 5.92 Å². The van der Waals surface area contributed by atoms with Crippen LogP contribution in [0.2, 0.25) is 0 Å². The van der Waals surface area contributed by atoms with Crippen LogP contribution in [0.1, 0.15) is 45.0 Å². The van der Waals surface area contributed by atoms with Gasteiger partial charge in [0, 0.05) is 10.9 Å². The van der Waals surface area contributed by atoms with E-state index in [2.05, 4.69) is 58.8 Å². The molecule has 0 aliphatic rings. The summed E-state index contributed by atoms with van der Waals surface area (Å²) in [5.41, 5.74) is 3.17. The lowest BCUT2D eigenvalue weighted by Gasteiger charge is -2.25. The molecule has 0 radical (unpaired) electrons. The van der Waals surface area contributed by atoms with Crippen molar-refractivity contribution in [1.82, 2.24) is 9.97 Å². The first-order chi connectivity index (χ1) is 11.8. The van der Waals surface area contributed by atoms with Gasteiger partial charge < -0.3 is 10.4 Å². The molecule has 0 amide bonds. The van der Waals surface area contributed by atoms with Gasteiger partial charge in [0.25, 0.3) is 0 Å². The Morgan fingerprint density at radius 2 is 1.84 bits per heavy atom. The molecule has 0 spiro atoms. The zero-order chi connectivity index (χ0) is 18.2. The summed E-state index contributed by atoms with van der Waals surface area (Å²) in [5.74, 6) is 2.03. The molecule has 0 fully saturated rings. The molecule has 25 heavy (non-hydrogen) atoms. The van der Waals surface area contributed by atoms with E-state index < -0.39 is 5.54 Å². The van der Waals surface area contributed by atoms with Crippen LogP contribution >= 0.6 is 11.3 Å². The van der Waals surface area contributed by atoms with Crippen molar-refractivity contribution < 1.29 is 5.11 Å². The summed E-state index contributed by atoms with van der Waals surface area (Å²) in [6.07, 6.45) is 0. The second-order valence-electron chi connectivity index (χ2n) is 7.39. The highest BCUT2D eigenvalue weighted by Crippen LogP contribution is 2.38. The van der Waals surface area contributed by atoms with E-state index in [4.69, 9.17) is 0 Å². The minimum atomic E-state index is -0.450. The van der Waals surface area contributed by atoms with Crippen LogP contribution in [0.4, 0.5) is 5.82 Å². The largest absolute Gasteiger partial charge is 0.394 e. The molecule has 132 valence electrons. The van der Waals surface area contributed by atoms with Crippen LogP contribution in [-0.4, -0.2) is 27.2 Å². The van der Waals surface area contributed by atoms with Gasteiger partial charge in [0.1, 0.15) is 16.5 Å². The SMILES string of the molecule is Cc1nc(NC(C)(C)CO)c2c(-c3ccc(C(C)C)cc3)csc2n1. The van der Waals surface area contributed by atoms with Crippen LogP contribution in [-0.2, 0) is 0 Å². The highest BCUT2D eigenvalue weighted by molar-refractivity contribution is 7.17. The number of rotatable bonds is 5. The number of hydrogen-bond acceptors (Lipinski definition) is 5. The molecule has 0 unspecified atom stereocenters. The number of fused-ring (bicyclic) bond motifs is 1. The molecule has 0 saturated carbocycles. The van der Waals surface area contributed by atoms with Gasteiger partial charge in [0.2, 0.25) is 0 Å². The van der Waals surface area contributed by atoms with E-state index in [1.54, 1.807) is 11.3 Å². The predicted molar refractivity (Wildman–Crippen MR) is 106 cm³/mol. The molecule has 1 aromatic carbocycles. The monoisotopic (exact) mass is 355 g/mol. The molecule has 5 heteroatoms. The summed E-state index contributed by atoms with van der Waals surface area (Å²) in [6.45, 7) is 10.2. The molecule has 3 rings (SSSR count). The Morgan fingerprint density at radius 3 is 2.44 bits per heavy atom. The standard InChI is InChI=1S/C20H25N3OS/c1-12(2)14-6-8-15(9-7-14)16-10-25-19-17(16)18(21-13(3)22-19)23-20(4,5)11-24/h6-10,12,24H,11H2,1-5H3,(H,21,22,23). The van der Waals surface area contributed by atoms with Crippen LogP contribution in [0.3, 0.4) is 0 Å². The number of anilines is 1. The van der Waals surface area contributed by atoms with Gasteiger partial charge in [-0.05, 0) is 37.8 Å². The van der Waals surface area contributed by atoms with E-state index in [1.165, 1.54) is 5.56 Å². The quantitative estimate of drug-likeness (QED) is 0.678. The van der Waals surface area contributed by atoms with E-state index >= 15 is 0 Å². The highest BCUT2D eigenvalue weighted by Gasteiger charge is 2.21. The fourth-order valence-electron chi connectivity index (χ4n) is 2.76. The normalized spacial score (nSPS) is 12.1. The maximum absolute atomic E-state index is 9.61. The average molecular weight is 356 g/mol. The fraction of sp³-hybridized carbons (Fsp3) is 0.400. The van der Waals surface area contributed by atoms with Gasteiger partial charge in [0.15, 0.2) is 0 Å². The number of aromatic nitrogens is 2. The number of aliphatic hydroxyl groups excluding tert-OH is 1. The number of hydrogen-bond donors (Lipinski definition) is 2. The average Bonchev–Trinajstić information content (AvgIpc) is 2.98.